The Morgan fingerprint density at radius 1 is 0.962 bits per heavy atom. The molecule has 0 atom stereocenters. The number of halogens is 1. The molecule has 0 radical (unpaired) electrons. The molecule has 1 aromatic heterocycles. The maximum atomic E-state index is 12.4. The van der Waals surface area contributed by atoms with E-state index in [0.29, 0.717) is 27.1 Å². The highest BCUT2D eigenvalue weighted by molar-refractivity contribution is 7.99. The van der Waals surface area contributed by atoms with E-state index in [-0.39, 0.29) is 17.7 Å². The molecule has 6 nitrogen and oxygen atoms in total. The van der Waals surface area contributed by atoms with Crippen molar-refractivity contribution < 1.29 is 9.59 Å². The minimum absolute atomic E-state index is 0.180. The number of aromatic nitrogens is 3. The van der Waals surface area contributed by atoms with Gasteiger partial charge in [-0.3, -0.25) is 14.5 Å². The molecule has 0 fully saturated rings. The summed E-state index contributed by atoms with van der Waals surface area (Å²) < 4.78 is 1.83. The van der Waals surface area contributed by atoms with E-state index in [0.717, 1.165) is 5.56 Å². The minimum atomic E-state index is -0.279. The van der Waals surface area contributed by atoms with E-state index in [1.54, 1.807) is 36.4 Å². The molecule has 0 aliphatic carbocycles. The van der Waals surface area contributed by atoms with Crippen LogP contribution < -0.4 is 0 Å². The van der Waals surface area contributed by atoms with Crippen LogP contribution in [0.3, 0.4) is 0 Å². The van der Waals surface area contributed by atoms with Crippen molar-refractivity contribution in [1.82, 2.24) is 19.7 Å². The fraction of sp³-hybridized carbons (Fsp3) is 0.111. The molecule has 0 unspecified atom stereocenters. The molecular weight excluding hydrogens is 372 g/mol. The van der Waals surface area contributed by atoms with Crippen molar-refractivity contribution in [2.75, 3.05) is 5.88 Å². The van der Waals surface area contributed by atoms with Gasteiger partial charge < -0.3 is 4.57 Å². The summed E-state index contributed by atoms with van der Waals surface area (Å²) in [6.07, 6.45) is 0. The summed E-state index contributed by atoms with van der Waals surface area (Å²) in [6, 6.07) is 14.1. The molecule has 0 saturated carbocycles. The van der Waals surface area contributed by atoms with Crippen molar-refractivity contribution in [3.63, 3.8) is 0 Å². The van der Waals surface area contributed by atoms with Gasteiger partial charge in [0.25, 0.3) is 11.8 Å². The second kappa shape index (κ2) is 6.59. The number of amides is 2. The highest BCUT2D eigenvalue weighted by Gasteiger charge is 2.35. The van der Waals surface area contributed by atoms with Gasteiger partial charge in [0.05, 0.1) is 17.0 Å². The molecular formula is C18H13ClN4O2S. The highest BCUT2D eigenvalue weighted by Crippen LogP contribution is 2.28. The fourth-order valence-corrected chi connectivity index (χ4v) is 3.75. The fourth-order valence-electron chi connectivity index (χ4n) is 2.77. The van der Waals surface area contributed by atoms with Crippen molar-refractivity contribution >= 4 is 35.2 Å². The Morgan fingerprint density at radius 3 is 2.19 bits per heavy atom. The van der Waals surface area contributed by atoms with Crippen molar-refractivity contribution in [3.8, 4) is 11.4 Å². The lowest BCUT2D eigenvalue weighted by Gasteiger charge is -2.12. The topological polar surface area (TPSA) is 68.1 Å². The molecule has 0 bridgehead atoms. The molecule has 0 saturated heterocycles. The third kappa shape index (κ3) is 2.79. The SMILES string of the molecule is Cn1c(SCN2C(=O)c3ccccc3C2=O)nnc1-c1ccc(Cl)cc1. The monoisotopic (exact) mass is 384 g/mol. The number of benzene rings is 2. The summed E-state index contributed by atoms with van der Waals surface area (Å²) >= 11 is 7.20. The summed E-state index contributed by atoms with van der Waals surface area (Å²) in [5, 5.41) is 9.63. The lowest BCUT2D eigenvalue weighted by atomic mass is 10.1. The van der Waals surface area contributed by atoms with Gasteiger partial charge in [-0.1, -0.05) is 35.5 Å². The number of rotatable bonds is 4. The molecule has 8 heteroatoms. The number of imide groups is 1. The molecule has 2 heterocycles. The standard InChI is InChI=1S/C18H13ClN4O2S/c1-22-15(11-6-8-12(19)9-7-11)20-21-18(22)26-10-23-16(24)13-4-2-3-5-14(13)17(23)25/h2-9H,10H2,1H3. The predicted octanol–water partition coefficient (Wildman–Crippen LogP) is 3.48. The quantitative estimate of drug-likeness (QED) is 0.509. The van der Waals surface area contributed by atoms with Crippen LogP contribution in [0.1, 0.15) is 20.7 Å². The van der Waals surface area contributed by atoms with Crippen molar-refractivity contribution in [2.24, 2.45) is 7.05 Å². The Kier molecular flexibility index (Phi) is 4.26. The van der Waals surface area contributed by atoms with Gasteiger partial charge in [-0.05, 0) is 36.4 Å². The van der Waals surface area contributed by atoms with E-state index in [9.17, 15) is 9.59 Å². The maximum absolute atomic E-state index is 12.4. The lowest BCUT2D eigenvalue weighted by molar-refractivity contribution is 0.0684. The molecule has 130 valence electrons. The average Bonchev–Trinajstić information content (AvgIpc) is 3.13. The Morgan fingerprint density at radius 2 is 1.58 bits per heavy atom. The number of hydrogen-bond donors (Lipinski definition) is 0. The molecule has 2 amide bonds. The molecule has 1 aliphatic rings. The molecule has 1 aliphatic heterocycles. The Labute approximate surface area is 158 Å². The largest absolute Gasteiger partial charge is 0.305 e. The van der Waals surface area contributed by atoms with E-state index < -0.39 is 0 Å². The third-order valence-corrected chi connectivity index (χ3v) is 5.39. The molecule has 4 rings (SSSR count). The Bertz CT molecular complexity index is 981. The van der Waals surface area contributed by atoms with Crippen LogP contribution in [0.25, 0.3) is 11.4 Å². The first-order valence-corrected chi connectivity index (χ1v) is 9.16. The van der Waals surface area contributed by atoms with Crippen LogP contribution >= 0.6 is 23.4 Å². The van der Waals surface area contributed by atoms with Crippen LogP contribution in [0.15, 0.2) is 53.7 Å². The van der Waals surface area contributed by atoms with Crippen molar-refractivity contribution in [3.05, 3.63) is 64.7 Å². The van der Waals surface area contributed by atoms with Crippen LogP contribution in [-0.4, -0.2) is 37.4 Å². The Hall–Kier alpha value is -2.64. The van der Waals surface area contributed by atoms with Gasteiger partial charge in [0.15, 0.2) is 11.0 Å². The number of carbonyl (C=O) groups excluding carboxylic acids is 2. The maximum Gasteiger partial charge on any atom is 0.262 e. The van der Waals surface area contributed by atoms with E-state index in [4.69, 9.17) is 11.6 Å². The lowest BCUT2D eigenvalue weighted by Crippen LogP contribution is -2.29. The van der Waals surface area contributed by atoms with Crippen LogP contribution in [0.5, 0.6) is 0 Å². The number of hydrogen-bond acceptors (Lipinski definition) is 5. The van der Waals surface area contributed by atoms with E-state index >= 15 is 0 Å². The Balaban J connectivity index is 1.52. The molecule has 0 spiro atoms. The van der Waals surface area contributed by atoms with Gasteiger partial charge in [0.2, 0.25) is 0 Å². The van der Waals surface area contributed by atoms with Gasteiger partial charge in [0, 0.05) is 17.6 Å². The molecule has 2 aromatic carbocycles. The minimum Gasteiger partial charge on any atom is -0.305 e. The number of nitrogens with zero attached hydrogens (tertiary/aromatic N) is 4. The summed E-state index contributed by atoms with van der Waals surface area (Å²) in [7, 11) is 1.84. The summed E-state index contributed by atoms with van der Waals surface area (Å²) in [5.41, 5.74) is 1.77. The average molecular weight is 385 g/mol. The molecule has 3 aromatic rings. The van der Waals surface area contributed by atoms with Gasteiger partial charge in [-0.15, -0.1) is 10.2 Å². The molecule has 26 heavy (non-hydrogen) atoms. The van der Waals surface area contributed by atoms with Gasteiger partial charge in [-0.2, -0.15) is 0 Å². The van der Waals surface area contributed by atoms with Crippen molar-refractivity contribution in [2.45, 2.75) is 5.16 Å². The van der Waals surface area contributed by atoms with Crippen LogP contribution in [0.2, 0.25) is 5.02 Å². The zero-order chi connectivity index (χ0) is 18.3. The first kappa shape index (κ1) is 16.8. The van der Waals surface area contributed by atoms with Crippen LogP contribution in [-0.2, 0) is 7.05 Å². The predicted molar refractivity (Wildman–Crippen MR) is 99.1 cm³/mol. The summed E-state index contributed by atoms with van der Waals surface area (Å²) in [6.45, 7) is 0. The second-order valence-corrected chi connectivity index (χ2v) is 7.08. The van der Waals surface area contributed by atoms with E-state index in [2.05, 4.69) is 10.2 Å². The van der Waals surface area contributed by atoms with E-state index in [1.807, 2.05) is 23.7 Å². The molecule has 0 N–H and O–H groups in total. The first-order chi connectivity index (χ1) is 12.6. The summed E-state index contributed by atoms with van der Waals surface area (Å²) in [4.78, 5) is 26.0. The van der Waals surface area contributed by atoms with Crippen molar-refractivity contribution in [1.29, 1.82) is 0 Å². The number of fused-ring (bicyclic) bond motifs is 1. The second-order valence-electron chi connectivity index (χ2n) is 5.73. The zero-order valence-electron chi connectivity index (χ0n) is 13.7. The van der Waals surface area contributed by atoms with Crippen LogP contribution in [0.4, 0.5) is 0 Å². The number of thioether (sulfide) groups is 1. The number of carbonyl (C=O) groups is 2. The van der Waals surface area contributed by atoms with Crippen LogP contribution in [0, 0.1) is 0 Å². The van der Waals surface area contributed by atoms with Gasteiger partial charge in [0.1, 0.15) is 0 Å². The first-order valence-electron chi connectivity index (χ1n) is 7.79. The third-order valence-electron chi connectivity index (χ3n) is 4.14. The van der Waals surface area contributed by atoms with Gasteiger partial charge in [-0.25, -0.2) is 0 Å². The zero-order valence-corrected chi connectivity index (χ0v) is 15.3. The normalized spacial score (nSPS) is 13.4. The highest BCUT2D eigenvalue weighted by atomic mass is 35.5. The van der Waals surface area contributed by atoms with E-state index in [1.165, 1.54) is 16.7 Å². The smallest absolute Gasteiger partial charge is 0.262 e. The van der Waals surface area contributed by atoms with Gasteiger partial charge >= 0.3 is 0 Å². The summed E-state index contributed by atoms with van der Waals surface area (Å²) in [5.74, 6) is 0.307.